The van der Waals surface area contributed by atoms with Crippen LogP contribution in [0.15, 0.2) is 84.9 Å². The molecular formula is C26H25F3O2. The molecule has 0 saturated carbocycles. The van der Waals surface area contributed by atoms with Gasteiger partial charge in [0.15, 0.2) is 0 Å². The maximum atomic E-state index is 13.7. The first-order chi connectivity index (χ1) is 14.9. The van der Waals surface area contributed by atoms with Crippen molar-refractivity contribution >= 4 is 5.57 Å². The van der Waals surface area contributed by atoms with Gasteiger partial charge in [0.25, 0.3) is 0 Å². The number of rotatable bonds is 8. The maximum Gasteiger partial charge on any atom is 0.396 e. The van der Waals surface area contributed by atoms with Gasteiger partial charge >= 0.3 is 6.18 Å². The minimum absolute atomic E-state index is 0.146. The third kappa shape index (κ3) is 6.38. The van der Waals surface area contributed by atoms with E-state index in [-0.39, 0.29) is 12.0 Å². The Hall–Kier alpha value is -3.21. The lowest BCUT2D eigenvalue weighted by atomic mass is 9.93. The molecule has 0 heterocycles. The molecule has 3 aromatic carbocycles. The number of ether oxygens (including phenoxy) is 2. The molecule has 0 radical (unpaired) electrons. The van der Waals surface area contributed by atoms with Crippen LogP contribution in [-0.2, 0) is 0 Å². The van der Waals surface area contributed by atoms with E-state index in [9.17, 15) is 13.2 Å². The quantitative estimate of drug-likeness (QED) is 0.363. The van der Waals surface area contributed by atoms with Crippen molar-refractivity contribution in [2.24, 2.45) is 0 Å². The van der Waals surface area contributed by atoms with Gasteiger partial charge in [-0.1, -0.05) is 48.5 Å². The summed E-state index contributed by atoms with van der Waals surface area (Å²) >= 11 is 0. The van der Waals surface area contributed by atoms with Crippen molar-refractivity contribution in [3.05, 3.63) is 96.1 Å². The summed E-state index contributed by atoms with van der Waals surface area (Å²) in [6, 6.07) is 22.8. The Morgan fingerprint density at radius 2 is 1.55 bits per heavy atom. The molecule has 162 valence electrons. The standard InChI is InChI=1S/C26H25F3O2/c1-3-30-22-15-13-20(14-16-22)25(26(27,28)29)17-12-19(2)21-8-7-11-24(18-21)31-23-9-5-4-6-10-23/h4-16,18,25H,3,17H2,1-2H3. The molecule has 0 bridgehead atoms. The highest BCUT2D eigenvalue weighted by molar-refractivity contribution is 5.65. The zero-order chi connectivity index (χ0) is 22.3. The lowest BCUT2D eigenvalue weighted by Crippen LogP contribution is -2.20. The molecule has 0 saturated heterocycles. The number of alkyl halides is 3. The van der Waals surface area contributed by atoms with E-state index in [4.69, 9.17) is 9.47 Å². The second-order valence-electron chi connectivity index (χ2n) is 7.16. The number of halogens is 3. The van der Waals surface area contributed by atoms with Crippen LogP contribution in [0.5, 0.6) is 17.2 Å². The Balaban J connectivity index is 1.77. The molecule has 0 fully saturated rings. The monoisotopic (exact) mass is 426 g/mol. The Labute approximate surface area is 180 Å². The smallest absolute Gasteiger partial charge is 0.396 e. The fraction of sp³-hybridized carbons (Fsp3) is 0.231. The molecule has 0 amide bonds. The van der Waals surface area contributed by atoms with Crippen molar-refractivity contribution in [3.63, 3.8) is 0 Å². The minimum Gasteiger partial charge on any atom is -0.494 e. The molecule has 2 nitrogen and oxygen atoms in total. The Kier molecular flexibility index (Phi) is 7.40. The van der Waals surface area contributed by atoms with Crippen molar-refractivity contribution in [1.82, 2.24) is 0 Å². The van der Waals surface area contributed by atoms with Crippen LogP contribution in [0.3, 0.4) is 0 Å². The van der Waals surface area contributed by atoms with Gasteiger partial charge in [0, 0.05) is 0 Å². The van der Waals surface area contributed by atoms with E-state index in [0.717, 1.165) is 11.1 Å². The third-order valence-corrected chi connectivity index (χ3v) is 4.92. The van der Waals surface area contributed by atoms with Crippen molar-refractivity contribution in [1.29, 1.82) is 0 Å². The molecule has 31 heavy (non-hydrogen) atoms. The number of allylic oxidation sites excluding steroid dienone is 2. The second kappa shape index (κ2) is 10.2. The normalized spacial score (nSPS) is 13.0. The Bertz CT molecular complexity index is 993. The zero-order valence-corrected chi connectivity index (χ0v) is 17.5. The van der Waals surface area contributed by atoms with Gasteiger partial charge in [-0.2, -0.15) is 13.2 Å². The van der Waals surface area contributed by atoms with Gasteiger partial charge in [0.1, 0.15) is 17.2 Å². The van der Waals surface area contributed by atoms with E-state index in [1.165, 1.54) is 12.1 Å². The summed E-state index contributed by atoms with van der Waals surface area (Å²) in [5.41, 5.74) is 1.81. The molecule has 0 spiro atoms. The highest BCUT2D eigenvalue weighted by Gasteiger charge is 2.39. The van der Waals surface area contributed by atoms with Gasteiger partial charge in [-0.15, -0.1) is 0 Å². The fourth-order valence-electron chi connectivity index (χ4n) is 3.26. The highest BCUT2D eigenvalue weighted by Crippen LogP contribution is 2.39. The van der Waals surface area contributed by atoms with Crippen LogP contribution in [0.25, 0.3) is 5.57 Å². The van der Waals surface area contributed by atoms with Crippen molar-refractivity contribution in [3.8, 4) is 17.2 Å². The highest BCUT2D eigenvalue weighted by atomic mass is 19.4. The van der Waals surface area contributed by atoms with Gasteiger partial charge in [0.2, 0.25) is 0 Å². The average Bonchev–Trinajstić information content (AvgIpc) is 2.75. The summed E-state index contributed by atoms with van der Waals surface area (Å²) in [6.45, 7) is 4.12. The lowest BCUT2D eigenvalue weighted by Gasteiger charge is -2.20. The first-order valence-electron chi connectivity index (χ1n) is 10.2. The number of hydrogen-bond acceptors (Lipinski definition) is 2. The summed E-state index contributed by atoms with van der Waals surface area (Å²) in [5.74, 6) is 0.320. The molecule has 3 rings (SSSR count). The molecule has 1 unspecified atom stereocenters. The van der Waals surface area contributed by atoms with E-state index < -0.39 is 12.1 Å². The zero-order valence-electron chi connectivity index (χ0n) is 17.5. The number of benzene rings is 3. The van der Waals surface area contributed by atoms with Gasteiger partial charge in [-0.3, -0.25) is 0 Å². The summed E-state index contributed by atoms with van der Waals surface area (Å²) in [6.07, 6.45) is -2.86. The average molecular weight is 426 g/mol. The molecule has 0 aliphatic carbocycles. The van der Waals surface area contributed by atoms with Crippen molar-refractivity contribution in [2.45, 2.75) is 32.4 Å². The minimum atomic E-state index is -4.35. The van der Waals surface area contributed by atoms with Crippen LogP contribution in [0.4, 0.5) is 13.2 Å². The van der Waals surface area contributed by atoms with Crippen molar-refractivity contribution in [2.75, 3.05) is 6.61 Å². The predicted molar refractivity (Wildman–Crippen MR) is 118 cm³/mol. The van der Waals surface area contributed by atoms with Crippen LogP contribution in [0, 0.1) is 0 Å². The van der Waals surface area contributed by atoms with E-state index in [1.54, 1.807) is 18.2 Å². The summed E-state index contributed by atoms with van der Waals surface area (Å²) in [7, 11) is 0. The number of hydrogen-bond donors (Lipinski definition) is 0. The first-order valence-corrected chi connectivity index (χ1v) is 10.2. The first kappa shape index (κ1) is 22.5. The van der Waals surface area contributed by atoms with Gasteiger partial charge in [0.05, 0.1) is 12.5 Å². The summed E-state index contributed by atoms with van der Waals surface area (Å²) in [5, 5.41) is 0. The molecule has 0 aliphatic rings. The van der Waals surface area contributed by atoms with Crippen LogP contribution in [-0.4, -0.2) is 12.8 Å². The Morgan fingerprint density at radius 1 is 0.871 bits per heavy atom. The second-order valence-corrected chi connectivity index (χ2v) is 7.16. The van der Waals surface area contributed by atoms with Gasteiger partial charge in [-0.05, 0) is 73.4 Å². The molecule has 1 atom stereocenters. The lowest BCUT2D eigenvalue weighted by molar-refractivity contribution is -0.149. The van der Waals surface area contributed by atoms with E-state index >= 15 is 0 Å². The van der Waals surface area contributed by atoms with Crippen molar-refractivity contribution < 1.29 is 22.6 Å². The summed E-state index contributed by atoms with van der Waals surface area (Å²) in [4.78, 5) is 0. The largest absolute Gasteiger partial charge is 0.494 e. The van der Waals surface area contributed by atoms with Gasteiger partial charge < -0.3 is 9.47 Å². The molecular weight excluding hydrogens is 401 g/mol. The van der Waals surface area contributed by atoms with E-state index in [0.29, 0.717) is 23.9 Å². The molecule has 0 aliphatic heterocycles. The van der Waals surface area contributed by atoms with Gasteiger partial charge in [-0.25, -0.2) is 0 Å². The molecule has 0 aromatic heterocycles. The molecule has 3 aromatic rings. The molecule has 5 heteroatoms. The Morgan fingerprint density at radius 3 is 2.19 bits per heavy atom. The summed E-state index contributed by atoms with van der Waals surface area (Å²) < 4.78 is 52.4. The van der Waals surface area contributed by atoms with Crippen LogP contribution in [0.1, 0.15) is 37.3 Å². The molecule has 0 N–H and O–H groups in total. The van der Waals surface area contributed by atoms with E-state index in [2.05, 4.69) is 0 Å². The third-order valence-electron chi connectivity index (χ3n) is 4.92. The maximum absolute atomic E-state index is 13.7. The predicted octanol–water partition coefficient (Wildman–Crippen LogP) is 8.02. The van der Waals surface area contributed by atoms with Crippen LogP contribution < -0.4 is 9.47 Å². The fourth-order valence-corrected chi connectivity index (χ4v) is 3.26. The van der Waals surface area contributed by atoms with Crippen LogP contribution >= 0.6 is 0 Å². The SMILES string of the molecule is CCOc1ccc(C(CC=C(C)c2cccc(Oc3ccccc3)c2)C(F)(F)F)cc1. The van der Waals surface area contributed by atoms with E-state index in [1.807, 2.05) is 68.4 Å². The number of para-hydroxylation sites is 1. The topological polar surface area (TPSA) is 18.5 Å². The van der Waals surface area contributed by atoms with Crippen LogP contribution in [0.2, 0.25) is 0 Å².